The average Bonchev–Trinajstić information content (AvgIpc) is 3.20. The van der Waals surface area contributed by atoms with Gasteiger partial charge in [-0.15, -0.1) is 26.1 Å². The van der Waals surface area contributed by atoms with Crippen molar-refractivity contribution < 1.29 is 111 Å². The highest BCUT2D eigenvalue weighted by Gasteiger charge is 2.52. The van der Waals surface area contributed by atoms with Crippen LogP contribution >= 0.6 is 0 Å². The van der Waals surface area contributed by atoms with Crippen LogP contribution < -0.4 is 21.9 Å². The van der Waals surface area contributed by atoms with E-state index in [1.165, 1.54) is 18.6 Å². The largest absolute Gasteiger partial charge is 0.465 e. The molecule has 27 heteroatoms. The van der Waals surface area contributed by atoms with E-state index in [1.807, 2.05) is 0 Å². The van der Waals surface area contributed by atoms with Gasteiger partial charge in [0.05, 0.1) is 24.2 Å². The molecule has 0 unspecified atom stereocenters. The number of hydrogen-bond acceptors (Lipinski definition) is 5. The fraction of sp³-hybridized carbons (Fsp3) is 0.152. The van der Waals surface area contributed by atoms with Gasteiger partial charge < -0.3 is 9.47 Å². The van der Waals surface area contributed by atoms with Gasteiger partial charge in [-0.1, -0.05) is 0 Å². The summed E-state index contributed by atoms with van der Waals surface area (Å²) in [4.78, 5) is 22.3. The molecule has 0 saturated heterocycles. The first-order chi connectivity index (χ1) is 27.5. The number of methoxy groups -OCH3 is 2. The fourth-order valence-corrected chi connectivity index (χ4v) is 6.20. The third-order valence-corrected chi connectivity index (χ3v) is 9.18. The zero-order valence-electron chi connectivity index (χ0n) is 29.4. The maximum absolute atomic E-state index is 15.4. The van der Waals surface area contributed by atoms with Gasteiger partial charge in [0.15, 0.2) is 69.8 Å². The summed E-state index contributed by atoms with van der Waals surface area (Å²) in [5.74, 6) is -72.8. The van der Waals surface area contributed by atoms with Crippen LogP contribution in [0.25, 0.3) is 0 Å². The zero-order chi connectivity index (χ0) is 46.4. The van der Waals surface area contributed by atoms with Crippen molar-refractivity contribution in [2.45, 2.75) is 0 Å². The monoisotopic (exact) mass is 914 g/mol. The smallest absolute Gasteiger partial charge is 0.345 e. The summed E-state index contributed by atoms with van der Waals surface area (Å²) in [6, 6.07) is 0. The second kappa shape index (κ2) is 17.5. The molecule has 0 aliphatic carbocycles. The quantitative estimate of drug-likeness (QED) is 0.0255. The minimum atomic E-state index is -7.22. The first kappa shape index (κ1) is 48.7. The number of esters is 2. The van der Waals surface area contributed by atoms with Gasteiger partial charge in [0, 0.05) is 0 Å². The first-order valence-corrected chi connectivity index (χ1v) is 17.6. The van der Waals surface area contributed by atoms with Crippen LogP contribution in [0.5, 0.6) is 0 Å². The van der Waals surface area contributed by atoms with Crippen molar-refractivity contribution in [1.29, 1.82) is 0 Å². The van der Waals surface area contributed by atoms with Crippen molar-refractivity contribution in [2.24, 2.45) is 0 Å². The molecule has 0 aromatic heterocycles. The number of ether oxygens (including phenoxy) is 2. The van der Waals surface area contributed by atoms with Crippen LogP contribution in [0.3, 0.4) is 0 Å². The summed E-state index contributed by atoms with van der Waals surface area (Å²) in [6.07, 6.45) is -2.86. The molecule has 4 rings (SSSR count). The van der Waals surface area contributed by atoms with Crippen LogP contribution in [0, 0.1) is 116 Å². The van der Waals surface area contributed by atoms with Crippen LogP contribution in [0.2, 0.25) is 0 Å². The minimum Gasteiger partial charge on any atom is -0.465 e. The summed E-state index contributed by atoms with van der Waals surface area (Å²) in [6.45, 7) is 0. The van der Waals surface area contributed by atoms with Crippen molar-refractivity contribution in [2.75, 3.05) is 32.5 Å². The molecule has 326 valence electrons. The van der Waals surface area contributed by atoms with E-state index in [4.69, 9.17) is 0 Å². The number of carbonyl (C=O) groups is 2. The standard InChI is InChI=1S/C24BF20.C9H15O5S/c26-5-1(6(27)14(35)21(42)13(5)34)25(2-7(28)15(36)22(43)16(37)8(2)29,3-9(30)17(38)23(44)18(39)10(3)31)4-11(32)19(40)24(45)20(41)12(4)33;1-13-8(10)7(9(11)14-2)5-6-15(3,4)12/h;5H,6H2,1-4H3/q-1;+1. The van der Waals surface area contributed by atoms with Gasteiger partial charge in [0.2, 0.25) is 0 Å². The highest BCUT2D eigenvalue weighted by Crippen LogP contribution is 2.30. The minimum absolute atomic E-state index is 0.131. The molecule has 0 bridgehead atoms. The predicted molar refractivity (Wildman–Crippen MR) is 166 cm³/mol. The number of carbonyl (C=O) groups excluding carboxylic acids is 2. The Morgan fingerprint density at radius 2 is 0.567 bits per heavy atom. The Hall–Kier alpha value is -5.63. The lowest BCUT2D eigenvalue weighted by Crippen LogP contribution is -2.81. The van der Waals surface area contributed by atoms with E-state index < -0.39 is 166 Å². The molecule has 0 saturated carbocycles. The SMILES string of the molecule is COC(=O)C(=CC[S+](C)(C)=O)C(=O)OC.Fc1c(F)c(F)c([B-](c2c(F)c(F)c(F)c(F)c2F)(c2c(F)c(F)c(F)c(F)c2F)c2c(F)c(F)c(F)c(F)c2F)c(F)c1F. The molecule has 0 N–H and O–H groups in total. The summed E-state index contributed by atoms with van der Waals surface area (Å²) in [5.41, 5.74) is -14.6. The lowest BCUT2D eigenvalue weighted by Gasteiger charge is -2.44. The third kappa shape index (κ3) is 7.89. The molecule has 60 heavy (non-hydrogen) atoms. The molecule has 0 atom stereocenters. The highest BCUT2D eigenvalue weighted by molar-refractivity contribution is 8.01. The molecule has 4 aromatic rings. The van der Waals surface area contributed by atoms with Gasteiger partial charge in [-0.05, 0) is 6.08 Å². The van der Waals surface area contributed by atoms with Crippen molar-refractivity contribution >= 4 is 49.9 Å². The van der Waals surface area contributed by atoms with Crippen LogP contribution in [0.4, 0.5) is 87.8 Å². The van der Waals surface area contributed by atoms with E-state index in [0.29, 0.717) is 0 Å². The topological polar surface area (TPSA) is 69.7 Å². The summed E-state index contributed by atoms with van der Waals surface area (Å²) < 4.78 is 314. The van der Waals surface area contributed by atoms with E-state index >= 15 is 35.1 Å². The normalized spacial score (nSPS) is 11.6. The number of hydrogen-bond donors (Lipinski definition) is 0. The van der Waals surface area contributed by atoms with Crippen molar-refractivity contribution in [3.63, 3.8) is 0 Å². The third-order valence-electron chi connectivity index (χ3n) is 8.21. The Labute approximate surface area is 321 Å². The highest BCUT2D eigenvalue weighted by atomic mass is 32.2. The Bertz CT molecular complexity index is 2140. The molecule has 5 nitrogen and oxygen atoms in total. The number of halogens is 20. The van der Waals surface area contributed by atoms with Crippen LogP contribution in [-0.4, -0.2) is 50.6 Å². The van der Waals surface area contributed by atoms with E-state index in [9.17, 15) is 66.5 Å². The maximum atomic E-state index is 15.4. The van der Waals surface area contributed by atoms with Crippen LogP contribution in [0.1, 0.15) is 0 Å². The molecular formula is C33H15BF20O5S. The first-order valence-electron chi connectivity index (χ1n) is 15.0. The van der Waals surface area contributed by atoms with Gasteiger partial charge >= 0.3 is 11.9 Å². The van der Waals surface area contributed by atoms with Gasteiger partial charge in [-0.25, -0.2) is 97.4 Å². The predicted octanol–water partition coefficient (Wildman–Crippen LogP) is 5.86. The second-order valence-electron chi connectivity index (χ2n) is 12.0. The molecule has 0 radical (unpaired) electrons. The van der Waals surface area contributed by atoms with Crippen LogP contribution in [-0.2, 0) is 33.2 Å². The van der Waals surface area contributed by atoms with Gasteiger partial charge in [0.1, 0.15) is 76.5 Å². The molecule has 0 amide bonds. The van der Waals surface area contributed by atoms with E-state index in [2.05, 4.69) is 9.47 Å². The second-order valence-corrected chi connectivity index (χ2v) is 15.2. The Kier molecular flexibility index (Phi) is 14.2. The van der Waals surface area contributed by atoms with E-state index in [-0.39, 0.29) is 11.3 Å². The van der Waals surface area contributed by atoms with E-state index in [1.54, 1.807) is 0 Å². The van der Waals surface area contributed by atoms with Crippen LogP contribution in [0.15, 0.2) is 11.6 Å². The molecule has 0 heterocycles. The van der Waals surface area contributed by atoms with Gasteiger partial charge in [0.25, 0.3) is 0 Å². The number of rotatable bonds is 8. The average molecular weight is 914 g/mol. The molecule has 4 aromatic carbocycles. The summed E-state index contributed by atoms with van der Waals surface area (Å²) in [7, 11) is 0.277. The fourth-order valence-electron chi connectivity index (χ4n) is 5.63. The van der Waals surface area contributed by atoms with Gasteiger partial charge in [-0.2, -0.15) is 0 Å². The lowest BCUT2D eigenvalue weighted by molar-refractivity contribution is -0.144. The van der Waals surface area contributed by atoms with Crippen molar-refractivity contribution in [3.05, 3.63) is 128 Å². The van der Waals surface area contributed by atoms with Gasteiger partial charge in [-0.3, -0.25) is 0 Å². The molecule has 0 aliphatic heterocycles. The van der Waals surface area contributed by atoms with Crippen molar-refractivity contribution in [3.8, 4) is 0 Å². The molecule has 0 spiro atoms. The molecule has 0 aliphatic rings. The number of benzene rings is 4. The zero-order valence-corrected chi connectivity index (χ0v) is 30.2. The Balaban J connectivity index is 0.000000544. The Morgan fingerprint density at radius 3 is 0.717 bits per heavy atom. The maximum Gasteiger partial charge on any atom is 0.345 e. The molecular weight excluding hydrogens is 899 g/mol. The van der Waals surface area contributed by atoms with E-state index in [0.717, 1.165) is 14.2 Å². The summed E-state index contributed by atoms with van der Waals surface area (Å²) in [5, 5.41) is 0. The summed E-state index contributed by atoms with van der Waals surface area (Å²) >= 11 is 0. The Morgan fingerprint density at radius 1 is 0.400 bits per heavy atom. The molecule has 0 fully saturated rings. The van der Waals surface area contributed by atoms with Crippen molar-refractivity contribution in [1.82, 2.24) is 0 Å². The lowest BCUT2D eigenvalue weighted by atomic mass is 9.12.